The van der Waals surface area contributed by atoms with Gasteiger partial charge in [-0.05, 0) is 59.6 Å². The third-order valence-electron chi connectivity index (χ3n) is 10.5. The Morgan fingerprint density at radius 1 is 0.500 bits per heavy atom. The van der Waals surface area contributed by atoms with Crippen molar-refractivity contribution in [3.63, 3.8) is 0 Å². The van der Waals surface area contributed by atoms with Crippen LogP contribution in [0.4, 0.5) is 0 Å². The van der Waals surface area contributed by atoms with Crippen LogP contribution in [0.1, 0.15) is 221 Å². The van der Waals surface area contributed by atoms with Gasteiger partial charge in [-0.1, -0.05) is 192 Å². The second-order valence-corrected chi connectivity index (χ2v) is 22.5. The Bertz CT molecular complexity index is 1050. The highest BCUT2D eigenvalue weighted by Gasteiger charge is 2.44. The van der Waals surface area contributed by atoms with Crippen LogP contribution in [0, 0.1) is 5.92 Å². The van der Waals surface area contributed by atoms with E-state index >= 15 is 0 Å². The van der Waals surface area contributed by atoms with Crippen LogP contribution in [0.3, 0.4) is 0 Å². The standard InChI is InChI=1S/C43H76S3.C2H6/c1-10-13-16-18-19-20-21-22-23-24-25-26-28-31-46(34-35(29-15-12-3)30-27-17-14-11-2)36-32-38(42(4,5)6)44-40(36)41-37(46)33-39(45-41)43(7,8)9;1-2/h32-33,35H,10-31,34H2,1-9H3;1-2H3. The molecule has 0 saturated carbocycles. The molecule has 0 N–H and O–H groups in total. The molecule has 0 bridgehead atoms. The van der Waals surface area contributed by atoms with Crippen molar-refractivity contribution in [2.75, 3.05) is 11.5 Å². The molecule has 2 aromatic rings. The minimum Gasteiger partial charge on any atom is -0.185 e. The Labute approximate surface area is 311 Å². The minimum atomic E-state index is -1.02. The summed E-state index contributed by atoms with van der Waals surface area (Å²) in [5.41, 5.74) is 0.448. The lowest BCUT2D eigenvalue weighted by molar-refractivity contribution is 0.449. The predicted octanol–water partition coefficient (Wildman–Crippen LogP) is 17.5. The molecule has 0 radical (unpaired) electrons. The molecule has 0 fully saturated rings. The summed E-state index contributed by atoms with van der Waals surface area (Å²) in [6.07, 6.45) is 30.0. The zero-order valence-corrected chi connectivity index (χ0v) is 36.7. The van der Waals surface area contributed by atoms with E-state index in [4.69, 9.17) is 0 Å². The van der Waals surface area contributed by atoms with Crippen molar-refractivity contribution in [3.05, 3.63) is 21.9 Å². The fourth-order valence-corrected chi connectivity index (χ4v) is 15.9. The molecular formula is C45H82S3. The molecule has 1 atom stereocenters. The van der Waals surface area contributed by atoms with Gasteiger partial charge in [0.05, 0.1) is 9.75 Å². The Hall–Kier alpha value is -0.250. The van der Waals surface area contributed by atoms with E-state index in [1.54, 1.807) is 19.5 Å². The third-order valence-corrected chi connectivity index (χ3v) is 18.4. The van der Waals surface area contributed by atoms with Crippen molar-refractivity contribution in [2.24, 2.45) is 5.92 Å². The number of unbranched alkanes of at least 4 members (excludes halogenated alkanes) is 16. The van der Waals surface area contributed by atoms with Crippen LogP contribution in [0.5, 0.6) is 0 Å². The van der Waals surface area contributed by atoms with E-state index in [0.717, 1.165) is 5.92 Å². The van der Waals surface area contributed by atoms with Crippen LogP contribution in [0.15, 0.2) is 21.9 Å². The molecule has 3 rings (SSSR count). The minimum absolute atomic E-state index is 0.224. The van der Waals surface area contributed by atoms with Crippen LogP contribution in [-0.4, -0.2) is 11.5 Å². The molecule has 0 aromatic carbocycles. The zero-order valence-electron chi connectivity index (χ0n) is 34.2. The Balaban J connectivity index is 0.00000392. The number of hydrogen-bond acceptors (Lipinski definition) is 2. The average molecular weight is 719 g/mol. The van der Waals surface area contributed by atoms with Crippen molar-refractivity contribution in [1.82, 2.24) is 0 Å². The van der Waals surface area contributed by atoms with E-state index in [0.29, 0.717) is 0 Å². The van der Waals surface area contributed by atoms with Gasteiger partial charge in [0.15, 0.2) is 0 Å². The molecule has 2 aromatic heterocycles. The van der Waals surface area contributed by atoms with Gasteiger partial charge in [0.25, 0.3) is 0 Å². The van der Waals surface area contributed by atoms with E-state index in [2.05, 4.69) is 97.1 Å². The van der Waals surface area contributed by atoms with Crippen molar-refractivity contribution in [2.45, 2.75) is 232 Å². The van der Waals surface area contributed by atoms with E-state index in [-0.39, 0.29) is 10.8 Å². The fourth-order valence-electron chi connectivity index (χ4n) is 7.42. The molecule has 1 unspecified atom stereocenters. The van der Waals surface area contributed by atoms with Crippen molar-refractivity contribution in [3.8, 4) is 9.75 Å². The second-order valence-electron chi connectivity index (χ2n) is 17.0. The number of rotatable bonds is 24. The molecule has 3 heterocycles. The van der Waals surface area contributed by atoms with Gasteiger partial charge in [0, 0.05) is 19.5 Å². The summed E-state index contributed by atoms with van der Waals surface area (Å²) in [4.78, 5) is 10.2. The first-order chi connectivity index (χ1) is 23.0. The summed E-state index contributed by atoms with van der Waals surface area (Å²) >= 11 is 4.32. The normalized spacial score (nSPS) is 15.1. The Morgan fingerprint density at radius 3 is 1.25 bits per heavy atom. The van der Waals surface area contributed by atoms with Gasteiger partial charge in [-0.2, -0.15) is 10.0 Å². The van der Waals surface area contributed by atoms with Gasteiger partial charge in [0.2, 0.25) is 0 Å². The lowest BCUT2D eigenvalue weighted by Crippen LogP contribution is -2.18. The SMILES string of the molecule is CC.CCCCCCCCCCCCCCCS1(CC(CCCC)CCCCCC)c2cc(C(C)(C)C)sc2-c2sc(C(C)(C)C)cc21. The highest BCUT2D eigenvalue weighted by molar-refractivity contribution is 8.34. The number of hydrogen-bond donors (Lipinski definition) is 0. The molecule has 3 heteroatoms. The maximum absolute atomic E-state index is 2.75. The summed E-state index contributed by atoms with van der Waals surface area (Å²) in [6.45, 7) is 25.7. The first-order valence-corrected chi connectivity index (χ1v) is 24.7. The van der Waals surface area contributed by atoms with Crippen LogP contribution in [0.25, 0.3) is 9.75 Å². The van der Waals surface area contributed by atoms with Crippen molar-refractivity contribution >= 4 is 32.7 Å². The smallest absolute Gasteiger partial charge is 0.0580 e. The van der Waals surface area contributed by atoms with Gasteiger partial charge in [0.1, 0.15) is 0 Å². The molecule has 0 saturated heterocycles. The summed E-state index contributed by atoms with van der Waals surface area (Å²) in [6, 6.07) is 5.49. The highest BCUT2D eigenvalue weighted by Crippen LogP contribution is 2.76. The molecule has 1 aliphatic rings. The maximum Gasteiger partial charge on any atom is 0.0580 e. The van der Waals surface area contributed by atoms with Crippen LogP contribution >= 0.6 is 32.7 Å². The highest BCUT2D eigenvalue weighted by atomic mass is 32.3. The van der Waals surface area contributed by atoms with Gasteiger partial charge in [-0.25, -0.2) is 0 Å². The van der Waals surface area contributed by atoms with Crippen molar-refractivity contribution < 1.29 is 0 Å². The quantitative estimate of drug-likeness (QED) is 0.0948. The summed E-state index contributed by atoms with van der Waals surface area (Å²) < 4.78 is 0. The molecule has 0 amide bonds. The Kier molecular flexibility index (Phi) is 20.7. The molecule has 0 aliphatic carbocycles. The molecular weight excluding hydrogens is 637 g/mol. The summed E-state index contributed by atoms with van der Waals surface area (Å²) in [7, 11) is -1.02. The fraction of sp³-hybridized carbons (Fsp3) is 0.822. The molecule has 0 nitrogen and oxygen atoms in total. The number of thiophene rings is 2. The largest absolute Gasteiger partial charge is 0.185 e. The average Bonchev–Trinajstić information content (AvgIpc) is 3.75. The topological polar surface area (TPSA) is 0 Å². The van der Waals surface area contributed by atoms with E-state index in [1.165, 1.54) is 146 Å². The summed E-state index contributed by atoms with van der Waals surface area (Å²) in [5, 5.41) is 0. The van der Waals surface area contributed by atoms with Crippen molar-refractivity contribution in [1.29, 1.82) is 0 Å². The summed E-state index contributed by atoms with van der Waals surface area (Å²) in [5.74, 6) is 3.77. The van der Waals surface area contributed by atoms with Crippen LogP contribution in [-0.2, 0) is 10.8 Å². The van der Waals surface area contributed by atoms with Gasteiger partial charge < -0.3 is 0 Å². The first-order valence-electron chi connectivity index (χ1n) is 21.1. The van der Waals surface area contributed by atoms with E-state index < -0.39 is 10.0 Å². The van der Waals surface area contributed by atoms with E-state index in [1.807, 2.05) is 23.6 Å². The lowest BCUT2D eigenvalue weighted by atomic mass is 9.95. The third kappa shape index (κ3) is 13.4. The lowest BCUT2D eigenvalue weighted by Gasteiger charge is -2.41. The van der Waals surface area contributed by atoms with Gasteiger partial charge >= 0.3 is 0 Å². The van der Waals surface area contributed by atoms with E-state index in [9.17, 15) is 0 Å². The van der Waals surface area contributed by atoms with Crippen LogP contribution < -0.4 is 0 Å². The number of fused-ring (bicyclic) bond motifs is 3. The monoisotopic (exact) mass is 719 g/mol. The second kappa shape index (κ2) is 22.6. The molecule has 48 heavy (non-hydrogen) atoms. The zero-order chi connectivity index (χ0) is 35.6. The van der Waals surface area contributed by atoms with Gasteiger partial charge in [-0.15, -0.1) is 22.7 Å². The van der Waals surface area contributed by atoms with Gasteiger partial charge in [-0.3, -0.25) is 0 Å². The first kappa shape index (κ1) is 43.9. The molecule has 280 valence electrons. The predicted molar refractivity (Wildman–Crippen MR) is 228 cm³/mol. The van der Waals surface area contributed by atoms with Crippen LogP contribution in [0.2, 0.25) is 0 Å². The maximum atomic E-state index is 2.75. The molecule has 0 spiro atoms. The Morgan fingerprint density at radius 2 is 0.854 bits per heavy atom. The molecule has 1 aliphatic heterocycles.